The highest BCUT2D eigenvalue weighted by atomic mass is 35.5. The molecule has 0 aliphatic carbocycles. The Labute approximate surface area is 176 Å². The second-order valence-electron chi connectivity index (χ2n) is 6.89. The van der Waals surface area contributed by atoms with Crippen molar-refractivity contribution in [1.29, 1.82) is 0 Å². The first-order chi connectivity index (χ1) is 14.1. The first-order valence-electron chi connectivity index (χ1n) is 8.98. The molecule has 1 aliphatic heterocycles. The van der Waals surface area contributed by atoms with Crippen molar-refractivity contribution in [2.75, 3.05) is 25.0 Å². The molecule has 2 unspecified atom stereocenters. The number of nitrogens with zero attached hydrogens (tertiary/aromatic N) is 1. The Kier molecular flexibility index (Phi) is 6.73. The number of anilines is 1. The summed E-state index contributed by atoms with van der Waals surface area (Å²) in [6.45, 7) is -0.585. The lowest BCUT2D eigenvalue weighted by atomic mass is 9.96. The lowest BCUT2D eigenvalue weighted by Gasteiger charge is -2.34. The summed E-state index contributed by atoms with van der Waals surface area (Å²) < 4.78 is 54.3. The van der Waals surface area contributed by atoms with Gasteiger partial charge in [0.05, 0.1) is 11.1 Å². The maximum absolute atomic E-state index is 14.3. The molecule has 30 heavy (non-hydrogen) atoms. The molecule has 0 radical (unpaired) electrons. The fraction of sp³-hybridized carbons (Fsp3) is 0.316. The Morgan fingerprint density at radius 2 is 1.90 bits per heavy atom. The van der Waals surface area contributed by atoms with Crippen LogP contribution < -0.4 is 5.32 Å². The highest BCUT2D eigenvalue weighted by molar-refractivity contribution is 7.89. The van der Waals surface area contributed by atoms with Crippen molar-refractivity contribution < 1.29 is 32.2 Å². The van der Waals surface area contributed by atoms with Crippen molar-refractivity contribution in [3.63, 3.8) is 0 Å². The number of carbonyl (C=O) groups excluding carboxylic acids is 1. The zero-order valence-corrected chi connectivity index (χ0v) is 17.1. The quantitative estimate of drug-likeness (QED) is 0.634. The van der Waals surface area contributed by atoms with Gasteiger partial charge in [0.25, 0.3) is 5.91 Å². The Morgan fingerprint density at radius 1 is 1.20 bits per heavy atom. The Morgan fingerprint density at radius 3 is 2.53 bits per heavy atom. The molecule has 0 spiro atoms. The number of rotatable bonds is 5. The number of β-amino-alcohol motifs (C(OH)–C–C–N with tert-alkyl or cyclic N) is 1. The van der Waals surface area contributed by atoms with Crippen molar-refractivity contribution in [1.82, 2.24) is 4.31 Å². The number of carbonyl (C=O) groups is 1. The van der Waals surface area contributed by atoms with Gasteiger partial charge in [-0.05, 0) is 42.8 Å². The Bertz CT molecular complexity index is 1070. The van der Waals surface area contributed by atoms with Crippen molar-refractivity contribution in [2.45, 2.75) is 17.4 Å². The summed E-state index contributed by atoms with van der Waals surface area (Å²) in [5.41, 5.74) is 0.0375. The van der Waals surface area contributed by atoms with Gasteiger partial charge in [0.15, 0.2) is 0 Å². The van der Waals surface area contributed by atoms with Crippen LogP contribution >= 0.6 is 11.6 Å². The average molecular weight is 461 g/mol. The van der Waals surface area contributed by atoms with Gasteiger partial charge in [-0.3, -0.25) is 4.79 Å². The molecule has 11 heteroatoms. The fourth-order valence-electron chi connectivity index (χ4n) is 3.14. The normalized spacial score (nSPS) is 20.2. The third kappa shape index (κ3) is 4.62. The minimum atomic E-state index is -4.33. The van der Waals surface area contributed by atoms with Crippen LogP contribution in [0.1, 0.15) is 16.8 Å². The van der Waals surface area contributed by atoms with Crippen LogP contribution in [0.15, 0.2) is 41.3 Å². The van der Waals surface area contributed by atoms with Gasteiger partial charge in [-0.25, -0.2) is 17.2 Å². The Balaban J connectivity index is 1.85. The summed E-state index contributed by atoms with van der Waals surface area (Å²) in [5.74, 6) is -2.92. The van der Waals surface area contributed by atoms with Crippen LogP contribution in [0.2, 0.25) is 5.02 Å². The van der Waals surface area contributed by atoms with E-state index >= 15 is 0 Å². The number of nitrogens with one attached hydrogen (secondary N) is 1. The number of hydrogen-bond acceptors (Lipinski definition) is 5. The monoisotopic (exact) mass is 460 g/mol. The van der Waals surface area contributed by atoms with Crippen LogP contribution in [0.5, 0.6) is 0 Å². The van der Waals surface area contributed by atoms with Gasteiger partial charge in [0, 0.05) is 36.9 Å². The zero-order valence-electron chi connectivity index (χ0n) is 15.6. The lowest BCUT2D eigenvalue weighted by molar-refractivity contribution is 0.0221. The number of benzene rings is 2. The molecule has 3 N–H and O–H groups in total. The smallest absolute Gasteiger partial charge is 0.255 e. The van der Waals surface area contributed by atoms with Crippen molar-refractivity contribution in [3.8, 4) is 0 Å². The molecule has 162 valence electrons. The summed E-state index contributed by atoms with van der Waals surface area (Å²) in [6, 6.07) is 6.38. The molecule has 3 rings (SSSR count). The largest absolute Gasteiger partial charge is 0.396 e. The molecule has 2 aromatic rings. The summed E-state index contributed by atoms with van der Waals surface area (Å²) >= 11 is 5.67. The van der Waals surface area contributed by atoms with E-state index in [0.717, 1.165) is 28.6 Å². The standard InChI is InChI=1S/C19H19ClF2N2O5S/c20-14-8-13(2-4-15(14)21)23-19(27)11-1-3-16(22)18(7-11)30(28,29)24-6-5-12(10-25)17(26)9-24/h1-4,7-8,12,17,25-26H,5-6,9-10H2,(H,23,27). The lowest BCUT2D eigenvalue weighted by Crippen LogP contribution is -2.47. The zero-order chi connectivity index (χ0) is 22.1. The number of halogens is 3. The van der Waals surface area contributed by atoms with Gasteiger partial charge in [0.2, 0.25) is 10.0 Å². The first-order valence-corrected chi connectivity index (χ1v) is 10.8. The van der Waals surface area contributed by atoms with E-state index < -0.39 is 44.5 Å². The number of amides is 1. The summed E-state index contributed by atoms with van der Waals surface area (Å²) in [5, 5.41) is 21.4. The van der Waals surface area contributed by atoms with Gasteiger partial charge >= 0.3 is 0 Å². The van der Waals surface area contributed by atoms with Crippen LogP contribution in [-0.2, 0) is 10.0 Å². The van der Waals surface area contributed by atoms with Crippen LogP contribution in [0, 0.1) is 17.6 Å². The highest BCUT2D eigenvalue weighted by Gasteiger charge is 2.36. The molecule has 1 fully saturated rings. The maximum atomic E-state index is 14.3. The predicted molar refractivity (Wildman–Crippen MR) is 106 cm³/mol. The van der Waals surface area contributed by atoms with Gasteiger partial charge in [-0.2, -0.15) is 4.31 Å². The minimum absolute atomic E-state index is 0.00539. The molecule has 1 heterocycles. The van der Waals surface area contributed by atoms with Crippen molar-refractivity contribution in [2.24, 2.45) is 5.92 Å². The topological polar surface area (TPSA) is 107 Å². The third-order valence-corrected chi connectivity index (χ3v) is 7.08. The number of piperidine rings is 1. The van der Waals surface area contributed by atoms with Gasteiger partial charge < -0.3 is 15.5 Å². The molecule has 1 amide bonds. The van der Waals surface area contributed by atoms with Crippen LogP contribution in [0.4, 0.5) is 14.5 Å². The van der Waals surface area contributed by atoms with E-state index in [-0.39, 0.29) is 42.4 Å². The van der Waals surface area contributed by atoms with Crippen LogP contribution in [0.25, 0.3) is 0 Å². The Hall–Kier alpha value is -2.11. The summed E-state index contributed by atoms with van der Waals surface area (Å²) in [7, 11) is -4.33. The second-order valence-corrected chi connectivity index (χ2v) is 9.20. The molecule has 1 aliphatic rings. The summed E-state index contributed by atoms with van der Waals surface area (Å²) in [4.78, 5) is 11.8. The van der Waals surface area contributed by atoms with E-state index in [1.807, 2.05) is 0 Å². The van der Waals surface area contributed by atoms with Crippen molar-refractivity contribution >= 4 is 33.2 Å². The molecule has 2 atom stereocenters. The van der Waals surface area contributed by atoms with E-state index in [4.69, 9.17) is 11.6 Å². The maximum Gasteiger partial charge on any atom is 0.255 e. The SMILES string of the molecule is O=C(Nc1ccc(F)c(Cl)c1)c1ccc(F)c(S(=O)(=O)N2CCC(CO)C(O)C2)c1. The third-order valence-electron chi connectivity index (χ3n) is 4.91. The second kappa shape index (κ2) is 8.94. The number of hydrogen-bond donors (Lipinski definition) is 3. The molecule has 7 nitrogen and oxygen atoms in total. The van der Waals surface area contributed by atoms with Gasteiger partial charge in [0.1, 0.15) is 16.5 Å². The van der Waals surface area contributed by atoms with E-state index in [1.165, 1.54) is 12.1 Å². The highest BCUT2D eigenvalue weighted by Crippen LogP contribution is 2.27. The predicted octanol–water partition coefficient (Wildman–Crippen LogP) is 2.23. The van der Waals surface area contributed by atoms with Crippen LogP contribution in [0.3, 0.4) is 0 Å². The van der Waals surface area contributed by atoms with E-state index in [9.17, 15) is 32.2 Å². The van der Waals surface area contributed by atoms with Crippen LogP contribution in [-0.4, -0.2) is 54.6 Å². The van der Waals surface area contributed by atoms with E-state index in [1.54, 1.807) is 0 Å². The number of aliphatic hydroxyl groups is 2. The van der Waals surface area contributed by atoms with E-state index in [2.05, 4.69) is 5.32 Å². The molecule has 2 aromatic carbocycles. The first kappa shape index (κ1) is 22.6. The fourth-order valence-corrected chi connectivity index (χ4v) is 4.88. The molecular weight excluding hydrogens is 442 g/mol. The van der Waals surface area contributed by atoms with Gasteiger partial charge in [-0.1, -0.05) is 11.6 Å². The minimum Gasteiger partial charge on any atom is -0.396 e. The molecule has 1 saturated heterocycles. The number of aliphatic hydroxyl groups excluding tert-OH is 2. The average Bonchev–Trinajstić information content (AvgIpc) is 2.70. The molecular formula is C19H19ClF2N2O5S. The van der Waals surface area contributed by atoms with Gasteiger partial charge in [-0.15, -0.1) is 0 Å². The molecule has 0 aromatic heterocycles. The summed E-state index contributed by atoms with van der Waals surface area (Å²) in [6.07, 6.45) is -0.874. The molecule has 0 bridgehead atoms. The number of sulfonamides is 1. The van der Waals surface area contributed by atoms with Crippen molar-refractivity contribution in [3.05, 3.63) is 58.6 Å². The molecule has 0 saturated carbocycles. The van der Waals surface area contributed by atoms with E-state index in [0.29, 0.717) is 0 Å².